The molecule has 3 rings (SSSR count). The molecule has 0 fully saturated rings. The van der Waals surface area contributed by atoms with Gasteiger partial charge in [0.05, 0.1) is 25.0 Å². The zero-order chi connectivity index (χ0) is 14.7. The van der Waals surface area contributed by atoms with Crippen LogP contribution in [0.4, 0.5) is 11.4 Å². The summed E-state index contributed by atoms with van der Waals surface area (Å²) < 4.78 is 10.4. The van der Waals surface area contributed by atoms with Crippen LogP contribution in [0.1, 0.15) is 5.69 Å². The topological polar surface area (TPSA) is 72.5 Å². The Hall–Kier alpha value is -2.76. The summed E-state index contributed by atoms with van der Waals surface area (Å²) in [5.41, 5.74) is 2.42. The number of carbonyl (C=O) groups excluding carboxylic acids is 1. The van der Waals surface area contributed by atoms with E-state index in [0.717, 1.165) is 11.4 Å². The molecule has 0 aliphatic carbocycles. The van der Waals surface area contributed by atoms with Crippen molar-refractivity contribution < 1.29 is 14.3 Å². The first kappa shape index (κ1) is 13.2. The molecule has 0 unspecified atom stereocenters. The fourth-order valence-corrected chi connectivity index (χ4v) is 2.06. The minimum absolute atomic E-state index is 0.0630. The van der Waals surface area contributed by atoms with E-state index in [-0.39, 0.29) is 12.5 Å². The highest BCUT2D eigenvalue weighted by Crippen LogP contribution is 2.30. The molecule has 6 heteroatoms. The van der Waals surface area contributed by atoms with Gasteiger partial charge in [0, 0.05) is 11.8 Å². The number of nitrogens with one attached hydrogen (secondary N) is 2. The quantitative estimate of drug-likeness (QED) is 0.899. The van der Waals surface area contributed by atoms with E-state index in [4.69, 9.17) is 9.47 Å². The molecular formula is C15H15N3O3. The highest BCUT2D eigenvalue weighted by Gasteiger charge is 2.15. The van der Waals surface area contributed by atoms with Gasteiger partial charge in [0.2, 0.25) is 5.88 Å². The predicted molar refractivity (Wildman–Crippen MR) is 78.7 cm³/mol. The van der Waals surface area contributed by atoms with Gasteiger partial charge in [-0.25, -0.2) is 4.98 Å². The Morgan fingerprint density at radius 3 is 3.14 bits per heavy atom. The van der Waals surface area contributed by atoms with Crippen LogP contribution in [0.2, 0.25) is 0 Å². The van der Waals surface area contributed by atoms with E-state index in [9.17, 15) is 4.79 Å². The van der Waals surface area contributed by atoms with Crippen LogP contribution in [0.25, 0.3) is 0 Å². The molecule has 0 radical (unpaired) electrons. The van der Waals surface area contributed by atoms with E-state index in [1.807, 2.05) is 30.3 Å². The average molecular weight is 285 g/mol. The Labute approximate surface area is 122 Å². The Balaban J connectivity index is 1.70. The summed E-state index contributed by atoms with van der Waals surface area (Å²) in [4.78, 5) is 15.6. The maximum absolute atomic E-state index is 11.3. The Morgan fingerprint density at radius 2 is 2.29 bits per heavy atom. The van der Waals surface area contributed by atoms with Gasteiger partial charge in [-0.1, -0.05) is 6.07 Å². The molecule has 2 heterocycles. The van der Waals surface area contributed by atoms with Gasteiger partial charge in [-0.3, -0.25) is 4.79 Å². The van der Waals surface area contributed by atoms with Crippen molar-refractivity contribution in [1.82, 2.24) is 4.98 Å². The number of hydrogen-bond acceptors (Lipinski definition) is 5. The number of methoxy groups -OCH3 is 1. The highest BCUT2D eigenvalue weighted by atomic mass is 16.5. The molecule has 1 aliphatic rings. The van der Waals surface area contributed by atoms with Crippen molar-refractivity contribution in [3.05, 3.63) is 42.1 Å². The van der Waals surface area contributed by atoms with Crippen LogP contribution in [0, 0.1) is 0 Å². The van der Waals surface area contributed by atoms with E-state index < -0.39 is 0 Å². The van der Waals surface area contributed by atoms with Gasteiger partial charge in [0.25, 0.3) is 5.91 Å². The molecule has 0 saturated heterocycles. The van der Waals surface area contributed by atoms with Crippen molar-refractivity contribution in [2.45, 2.75) is 6.54 Å². The molecular weight excluding hydrogens is 270 g/mol. The van der Waals surface area contributed by atoms with Crippen LogP contribution in [0.15, 0.2) is 36.4 Å². The molecule has 6 nitrogen and oxygen atoms in total. The number of hydrogen-bond donors (Lipinski definition) is 2. The summed E-state index contributed by atoms with van der Waals surface area (Å²) in [7, 11) is 1.59. The molecule has 1 aromatic carbocycles. The summed E-state index contributed by atoms with van der Waals surface area (Å²) >= 11 is 0. The van der Waals surface area contributed by atoms with Gasteiger partial charge in [-0.15, -0.1) is 0 Å². The molecule has 108 valence electrons. The summed E-state index contributed by atoms with van der Waals surface area (Å²) in [5, 5.41) is 6.03. The molecule has 1 aliphatic heterocycles. The number of carbonyl (C=O) groups is 1. The minimum Gasteiger partial charge on any atom is -0.482 e. The van der Waals surface area contributed by atoms with Crippen LogP contribution < -0.4 is 20.1 Å². The third-order valence-electron chi connectivity index (χ3n) is 3.08. The van der Waals surface area contributed by atoms with Crippen LogP contribution in [-0.2, 0) is 11.3 Å². The van der Waals surface area contributed by atoms with Crippen molar-refractivity contribution in [2.75, 3.05) is 24.4 Å². The SMILES string of the molecule is COc1cccc(CNc2ccc3c(c2)NC(=O)CO3)n1. The van der Waals surface area contributed by atoms with Crippen molar-refractivity contribution in [1.29, 1.82) is 0 Å². The van der Waals surface area contributed by atoms with Crippen LogP contribution in [-0.4, -0.2) is 24.6 Å². The van der Waals surface area contributed by atoms with Gasteiger partial charge < -0.3 is 20.1 Å². The molecule has 1 amide bonds. The second-order valence-electron chi connectivity index (χ2n) is 4.57. The molecule has 21 heavy (non-hydrogen) atoms. The Bertz CT molecular complexity index is 673. The fraction of sp³-hybridized carbons (Fsp3) is 0.200. The summed E-state index contributed by atoms with van der Waals surface area (Å²) in [6, 6.07) is 11.2. The van der Waals surface area contributed by atoms with E-state index in [2.05, 4.69) is 15.6 Å². The number of pyridine rings is 1. The van der Waals surface area contributed by atoms with E-state index in [1.54, 1.807) is 13.2 Å². The van der Waals surface area contributed by atoms with Crippen LogP contribution >= 0.6 is 0 Å². The van der Waals surface area contributed by atoms with Gasteiger partial charge >= 0.3 is 0 Å². The van der Waals surface area contributed by atoms with Gasteiger partial charge in [-0.2, -0.15) is 0 Å². The first-order chi connectivity index (χ1) is 10.2. The minimum atomic E-state index is -0.144. The van der Waals surface area contributed by atoms with E-state index >= 15 is 0 Å². The normalized spacial score (nSPS) is 12.9. The van der Waals surface area contributed by atoms with Crippen molar-refractivity contribution in [3.63, 3.8) is 0 Å². The molecule has 0 spiro atoms. The smallest absolute Gasteiger partial charge is 0.262 e. The number of amides is 1. The lowest BCUT2D eigenvalue weighted by Crippen LogP contribution is -2.25. The molecule has 2 aromatic rings. The van der Waals surface area contributed by atoms with Crippen molar-refractivity contribution >= 4 is 17.3 Å². The number of ether oxygens (including phenoxy) is 2. The number of rotatable bonds is 4. The van der Waals surface area contributed by atoms with Crippen LogP contribution in [0.5, 0.6) is 11.6 Å². The zero-order valence-corrected chi connectivity index (χ0v) is 11.6. The van der Waals surface area contributed by atoms with Crippen molar-refractivity contribution in [3.8, 4) is 11.6 Å². The van der Waals surface area contributed by atoms with Gasteiger partial charge in [-0.05, 0) is 24.3 Å². The largest absolute Gasteiger partial charge is 0.482 e. The number of fused-ring (bicyclic) bond motifs is 1. The third kappa shape index (κ3) is 3.05. The Morgan fingerprint density at radius 1 is 1.38 bits per heavy atom. The highest BCUT2D eigenvalue weighted by molar-refractivity contribution is 5.96. The molecule has 2 N–H and O–H groups in total. The summed E-state index contributed by atoms with van der Waals surface area (Å²) in [6.07, 6.45) is 0. The molecule has 0 bridgehead atoms. The van der Waals surface area contributed by atoms with E-state index in [1.165, 1.54) is 0 Å². The number of aromatic nitrogens is 1. The third-order valence-corrected chi connectivity index (χ3v) is 3.08. The predicted octanol–water partition coefficient (Wildman–Crippen LogP) is 2.03. The van der Waals surface area contributed by atoms with Crippen molar-refractivity contribution in [2.24, 2.45) is 0 Å². The lowest BCUT2D eigenvalue weighted by atomic mass is 10.2. The monoisotopic (exact) mass is 285 g/mol. The van der Waals surface area contributed by atoms with E-state index in [0.29, 0.717) is 23.9 Å². The molecule has 1 aromatic heterocycles. The second kappa shape index (κ2) is 5.70. The maximum atomic E-state index is 11.3. The molecule has 0 atom stereocenters. The lowest BCUT2D eigenvalue weighted by Gasteiger charge is -2.18. The first-order valence-electron chi connectivity index (χ1n) is 6.55. The van der Waals surface area contributed by atoms with Gasteiger partial charge in [0.15, 0.2) is 6.61 Å². The number of anilines is 2. The summed E-state index contributed by atoms with van der Waals surface area (Å²) in [6.45, 7) is 0.623. The van der Waals surface area contributed by atoms with Crippen LogP contribution in [0.3, 0.4) is 0 Å². The zero-order valence-electron chi connectivity index (χ0n) is 11.6. The standard InChI is InChI=1S/C15H15N3O3/c1-20-15-4-2-3-11(17-15)8-16-10-5-6-13-12(7-10)18-14(19)9-21-13/h2-7,16H,8-9H2,1H3,(H,18,19). The molecule has 0 saturated carbocycles. The Kier molecular flexibility index (Phi) is 3.59. The fourth-order valence-electron chi connectivity index (χ4n) is 2.06. The maximum Gasteiger partial charge on any atom is 0.262 e. The van der Waals surface area contributed by atoms with Gasteiger partial charge in [0.1, 0.15) is 5.75 Å². The first-order valence-corrected chi connectivity index (χ1v) is 6.55. The average Bonchev–Trinajstić information content (AvgIpc) is 2.52. The lowest BCUT2D eigenvalue weighted by molar-refractivity contribution is -0.118. The number of nitrogens with zero attached hydrogens (tertiary/aromatic N) is 1. The number of benzene rings is 1. The summed E-state index contributed by atoms with van der Waals surface area (Å²) in [5.74, 6) is 1.12. The second-order valence-corrected chi connectivity index (χ2v) is 4.57.